The Labute approximate surface area is 152 Å². The Bertz CT molecular complexity index is 1210. The van der Waals surface area contributed by atoms with Crippen molar-refractivity contribution in [3.63, 3.8) is 0 Å². The molecule has 134 valence electrons. The van der Waals surface area contributed by atoms with Crippen molar-refractivity contribution in [3.8, 4) is 0 Å². The lowest BCUT2D eigenvalue weighted by Gasteiger charge is -2.03. The van der Waals surface area contributed by atoms with Crippen molar-refractivity contribution in [2.24, 2.45) is 0 Å². The maximum absolute atomic E-state index is 11.8. The first-order valence-corrected chi connectivity index (χ1v) is 8.04. The van der Waals surface area contributed by atoms with E-state index in [9.17, 15) is 4.79 Å². The molecule has 0 saturated carbocycles. The van der Waals surface area contributed by atoms with Crippen molar-refractivity contribution in [1.82, 2.24) is 39.5 Å². The minimum atomic E-state index is -0.272. The minimum Gasteiger partial charge on any atom is -0.369 e. The summed E-state index contributed by atoms with van der Waals surface area (Å²) in [5, 5.41) is 0. The second-order valence-electron chi connectivity index (χ2n) is 5.64. The molecule has 10 nitrogen and oxygen atoms in total. The summed E-state index contributed by atoms with van der Waals surface area (Å²) in [6.45, 7) is 0.575. The summed E-state index contributed by atoms with van der Waals surface area (Å²) in [4.78, 5) is 36.9. The normalized spacial score (nSPS) is 10.7. The van der Waals surface area contributed by atoms with Gasteiger partial charge in [-0.15, -0.1) is 0 Å². The molecule has 0 radical (unpaired) electrons. The molecular formula is C17H15N9O. The molecule has 4 heterocycles. The fourth-order valence-corrected chi connectivity index (χ4v) is 2.59. The van der Waals surface area contributed by atoms with E-state index in [0.717, 1.165) is 11.1 Å². The van der Waals surface area contributed by atoms with E-state index in [-0.39, 0.29) is 11.5 Å². The molecule has 0 unspecified atom stereocenters. The van der Waals surface area contributed by atoms with E-state index in [0.29, 0.717) is 23.4 Å². The predicted octanol–water partition coefficient (Wildman–Crippen LogP) is 1.10. The lowest BCUT2D eigenvalue weighted by Crippen LogP contribution is -2.14. The van der Waals surface area contributed by atoms with Crippen molar-refractivity contribution < 1.29 is 0 Å². The lowest BCUT2D eigenvalue weighted by molar-refractivity contribution is 0.820. The molecule has 0 aliphatic heterocycles. The van der Waals surface area contributed by atoms with E-state index in [4.69, 9.17) is 5.73 Å². The Morgan fingerprint density at radius 1 is 1.07 bits per heavy atom. The van der Waals surface area contributed by atoms with Crippen LogP contribution in [0.4, 0.5) is 5.95 Å². The Morgan fingerprint density at radius 2 is 1.93 bits per heavy atom. The third-order valence-electron chi connectivity index (χ3n) is 3.80. The first-order chi connectivity index (χ1) is 13.2. The topological polar surface area (TPSA) is 144 Å². The van der Waals surface area contributed by atoms with Crippen LogP contribution < -0.4 is 11.3 Å². The number of fused-ring (bicyclic) bond motifs is 2. The molecule has 0 aliphatic rings. The summed E-state index contributed by atoms with van der Waals surface area (Å²) in [6.07, 6.45) is 6.36. The molecule has 0 atom stereocenters. The van der Waals surface area contributed by atoms with Crippen molar-refractivity contribution in [3.05, 3.63) is 71.4 Å². The molecule has 0 saturated heterocycles. The van der Waals surface area contributed by atoms with Gasteiger partial charge in [-0.3, -0.25) is 9.78 Å². The van der Waals surface area contributed by atoms with Gasteiger partial charge in [0.25, 0.3) is 5.56 Å². The monoisotopic (exact) mass is 361 g/mol. The zero-order chi connectivity index (χ0) is 18.6. The van der Waals surface area contributed by atoms with Crippen LogP contribution in [0.5, 0.6) is 0 Å². The van der Waals surface area contributed by atoms with Crippen LogP contribution in [0, 0.1) is 0 Å². The maximum Gasteiger partial charge on any atom is 0.278 e. The Morgan fingerprint density at radius 3 is 2.74 bits per heavy atom. The maximum atomic E-state index is 11.8. The van der Waals surface area contributed by atoms with Crippen LogP contribution in [0.3, 0.4) is 0 Å². The summed E-state index contributed by atoms with van der Waals surface area (Å²) < 4.78 is 1.76. The van der Waals surface area contributed by atoms with Crippen LogP contribution in [0.15, 0.2) is 60.3 Å². The highest BCUT2D eigenvalue weighted by molar-refractivity contribution is 5.70. The molecule has 10 heteroatoms. The summed E-state index contributed by atoms with van der Waals surface area (Å²) in [5.74, 6) is 0.0810. The Hall–Kier alpha value is -4.08. The molecule has 4 aromatic heterocycles. The number of H-pyrrole nitrogens is 2. The second kappa shape index (κ2) is 7.04. The van der Waals surface area contributed by atoms with Gasteiger partial charge < -0.3 is 15.3 Å². The number of benzene rings is 1. The van der Waals surface area contributed by atoms with Crippen LogP contribution in [0.1, 0.15) is 5.56 Å². The molecular weight excluding hydrogens is 346 g/mol. The molecule has 0 fully saturated rings. The molecule has 4 N–H and O–H groups in total. The number of nitrogens with one attached hydrogen (secondary N) is 2. The summed E-state index contributed by atoms with van der Waals surface area (Å²) in [6, 6.07) is 9.84. The minimum absolute atomic E-state index is 0.0810. The van der Waals surface area contributed by atoms with Gasteiger partial charge in [-0.25, -0.2) is 19.9 Å². The van der Waals surface area contributed by atoms with E-state index >= 15 is 0 Å². The van der Waals surface area contributed by atoms with Gasteiger partial charge in [0.05, 0.1) is 18.9 Å². The number of aromatic nitrogens is 8. The van der Waals surface area contributed by atoms with E-state index in [1.165, 1.54) is 6.33 Å². The average molecular weight is 361 g/mol. The zero-order valence-electron chi connectivity index (χ0n) is 14.1. The molecule has 5 aromatic rings. The van der Waals surface area contributed by atoms with Gasteiger partial charge >= 0.3 is 0 Å². The van der Waals surface area contributed by atoms with E-state index in [1.54, 1.807) is 23.4 Å². The molecule has 0 aliphatic carbocycles. The number of nitrogens with two attached hydrogens (primary N) is 1. The fourth-order valence-electron chi connectivity index (χ4n) is 2.59. The molecule has 0 spiro atoms. The largest absolute Gasteiger partial charge is 0.369 e. The highest BCUT2D eigenvalue weighted by atomic mass is 16.1. The van der Waals surface area contributed by atoms with Crippen molar-refractivity contribution in [2.75, 3.05) is 5.73 Å². The average Bonchev–Trinajstić information content (AvgIpc) is 3.30. The second-order valence-corrected chi connectivity index (χ2v) is 5.64. The van der Waals surface area contributed by atoms with Crippen molar-refractivity contribution >= 4 is 28.3 Å². The van der Waals surface area contributed by atoms with Crippen LogP contribution in [0.25, 0.3) is 22.3 Å². The number of hydrogen-bond acceptors (Lipinski definition) is 7. The number of nitrogens with zero attached hydrogens (tertiary/aromatic N) is 6. The number of imidazole rings is 2. The fraction of sp³-hybridized carbons (Fsp3) is 0.0588. The number of nitrogen functional groups attached to an aromatic ring is 1. The zero-order valence-corrected chi connectivity index (χ0v) is 14.1. The molecule has 1 aromatic carbocycles. The van der Waals surface area contributed by atoms with Gasteiger partial charge in [0, 0.05) is 6.54 Å². The molecule has 27 heavy (non-hydrogen) atoms. The number of rotatable bonds is 2. The van der Waals surface area contributed by atoms with Crippen molar-refractivity contribution in [2.45, 2.75) is 6.54 Å². The summed E-state index contributed by atoms with van der Waals surface area (Å²) in [7, 11) is 0. The Kier molecular flexibility index (Phi) is 4.27. The van der Waals surface area contributed by atoms with Crippen LogP contribution in [-0.2, 0) is 6.54 Å². The number of aromatic amines is 2. The van der Waals surface area contributed by atoms with Gasteiger partial charge in [0.1, 0.15) is 11.8 Å². The number of anilines is 1. The smallest absolute Gasteiger partial charge is 0.278 e. The van der Waals surface area contributed by atoms with Gasteiger partial charge in [0.15, 0.2) is 16.8 Å². The lowest BCUT2D eigenvalue weighted by atomic mass is 10.2. The highest BCUT2D eigenvalue weighted by Crippen LogP contribution is 2.09. The third-order valence-corrected chi connectivity index (χ3v) is 3.80. The summed E-state index contributed by atoms with van der Waals surface area (Å²) in [5.41, 5.74) is 8.68. The first kappa shape index (κ1) is 16.4. The SMILES string of the molecule is Nc1nc2ncn(Cc3ccccc3)c2c(=O)[nH]1.c1ncc2[nH]cnc2n1. The van der Waals surface area contributed by atoms with Gasteiger partial charge in [-0.2, -0.15) is 4.98 Å². The van der Waals surface area contributed by atoms with E-state index < -0.39 is 0 Å². The third kappa shape index (κ3) is 3.49. The highest BCUT2D eigenvalue weighted by Gasteiger charge is 2.09. The van der Waals surface area contributed by atoms with E-state index in [1.807, 2.05) is 30.3 Å². The van der Waals surface area contributed by atoms with Crippen LogP contribution in [-0.4, -0.2) is 39.5 Å². The van der Waals surface area contributed by atoms with Gasteiger partial charge in [-0.05, 0) is 5.56 Å². The number of hydrogen-bond donors (Lipinski definition) is 3. The first-order valence-electron chi connectivity index (χ1n) is 8.04. The van der Waals surface area contributed by atoms with Crippen LogP contribution in [0.2, 0.25) is 0 Å². The van der Waals surface area contributed by atoms with Gasteiger partial charge in [0.2, 0.25) is 5.95 Å². The van der Waals surface area contributed by atoms with Crippen LogP contribution >= 0.6 is 0 Å². The van der Waals surface area contributed by atoms with E-state index in [2.05, 4.69) is 34.9 Å². The molecule has 0 bridgehead atoms. The predicted molar refractivity (Wildman–Crippen MR) is 99.8 cm³/mol. The Balaban J connectivity index is 0.000000167. The quantitative estimate of drug-likeness (QED) is 0.427. The molecule has 0 amide bonds. The molecule has 5 rings (SSSR count). The summed E-state index contributed by atoms with van der Waals surface area (Å²) >= 11 is 0. The standard InChI is InChI=1S/C12H11N5O.C5H4N4/c13-12-15-10-9(11(18)16-12)17(7-14-10)6-8-4-2-1-3-5-8;1-4-5(8-2-6-1)9-3-7-4/h1-5,7H,6H2,(H3,13,15,16,18);1-3H,(H,6,7,8,9). The van der Waals surface area contributed by atoms with Gasteiger partial charge in [-0.1, -0.05) is 30.3 Å². The van der Waals surface area contributed by atoms with Crippen molar-refractivity contribution in [1.29, 1.82) is 0 Å².